The van der Waals surface area contributed by atoms with E-state index in [4.69, 9.17) is 0 Å². The lowest BCUT2D eigenvalue weighted by Crippen LogP contribution is -2.63. The van der Waals surface area contributed by atoms with E-state index in [2.05, 4.69) is 10.6 Å². The quantitative estimate of drug-likeness (QED) is 0.728. The summed E-state index contributed by atoms with van der Waals surface area (Å²) in [5.74, 6) is -2.10. The van der Waals surface area contributed by atoms with Crippen molar-refractivity contribution in [1.29, 1.82) is 0 Å². The molecule has 2 heterocycles. The van der Waals surface area contributed by atoms with Crippen LogP contribution in [0.1, 0.15) is 33.6 Å². The maximum Gasteiger partial charge on any atom is 0.254 e. The number of benzene rings is 2. The number of hydrogen-bond donors (Lipinski definition) is 2. The van der Waals surface area contributed by atoms with Crippen LogP contribution in [0.15, 0.2) is 54.6 Å². The number of hydrogen-bond acceptors (Lipinski definition) is 4. The molecule has 2 N–H and O–H groups in total. The molecule has 0 saturated carbocycles. The number of piperazine rings is 1. The molecule has 0 aromatic heterocycles. The standard InChI is InChI=1S/C24H25FN4O4/c25-18-9-4-8-17(14-18)24(33)29-13-12-28(23(32)16-6-2-1-3-7-16)15-20(29)22(31)27-19-10-5-11-26-21(19)30/h1-4,6-9,14,19-20H,5,10-13,15H2,(H,26,30)(H,27,31)/t19-,20-/m0/s1. The van der Waals surface area contributed by atoms with E-state index in [0.717, 1.165) is 12.5 Å². The molecule has 2 aliphatic rings. The third kappa shape index (κ3) is 5.02. The fourth-order valence-electron chi connectivity index (χ4n) is 4.16. The Labute approximate surface area is 190 Å². The van der Waals surface area contributed by atoms with Gasteiger partial charge in [-0.1, -0.05) is 24.3 Å². The third-order valence-corrected chi connectivity index (χ3v) is 5.93. The molecule has 0 unspecified atom stereocenters. The highest BCUT2D eigenvalue weighted by Gasteiger charge is 2.39. The molecule has 8 nitrogen and oxygen atoms in total. The predicted octanol–water partition coefficient (Wildman–Crippen LogP) is 1.19. The fraction of sp³-hybridized carbons (Fsp3) is 0.333. The first-order chi connectivity index (χ1) is 15.9. The van der Waals surface area contributed by atoms with Gasteiger partial charge in [0.05, 0.1) is 6.54 Å². The number of nitrogens with one attached hydrogen (secondary N) is 2. The molecule has 2 aromatic rings. The van der Waals surface area contributed by atoms with Gasteiger partial charge in [0, 0.05) is 30.8 Å². The first-order valence-corrected chi connectivity index (χ1v) is 10.9. The van der Waals surface area contributed by atoms with Crippen molar-refractivity contribution in [2.24, 2.45) is 0 Å². The summed E-state index contributed by atoms with van der Waals surface area (Å²) in [7, 11) is 0. The Kier molecular flexibility index (Phi) is 6.67. The first kappa shape index (κ1) is 22.4. The summed E-state index contributed by atoms with van der Waals surface area (Å²) in [5.41, 5.74) is 0.597. The van der Waals surface area contributed by atoms with Crippen LogP contribution in [0.2, 0.25) is 0 Å². The van der Waals surface area contributed by atoms with E-state index in [-0.39, 0.29) is 37.0 Å². The second-order valence-corrected chi connectivity index (χ2v) is 8.14. The smallest absolute Gasteiger partial charge is 0.254 e. The Morgan fingerprint density at radius 2 is 1.73 bits per heavy atom. The zero-order chi connectivity index (χ0) is 23.4. The normalized spacial score (nSPS) is 20.7. The SMILES string of the molecule is O=C1NCCC[C@@H]1NC(=O)[C@@H]1CN(C(=O)c2ccccc2)CCN1C(=O)c1cccc(F)c1. The van der Waals surface area contributed by atoms with Crippen molar-refractivity contribution in [2.75, 3.05) is 26.2 Å². The molecule has 0 spiro atoms. The summed E-state index contributed by atoms with van der Waals surface area (Å²) in [6.07, 6.45) is 1.22. The number of halogens is 1. The molecule has 172 valence electrons. The van der Waals surface area contributed by atoms with Crippen molar-refractivity contribution >= 4 is 23.6 Å². The molecule has 0 aliphatic carbocycles. The largest absolute Gasteiger partial charge is 0.354 e. The molecule has 2 fully saturated rings. The lowest BCUT2D eigenvalue weighted by Gasteiger charge is -2.41. The minimum absolute atomic E-state index is 0.0328. The van der Waals surface area contributed by atoms with E-state index < -0.39 is 29.7 Å². The van der Waals surface area contributed by atoms with Gasteiger partial charge < -0.3 is 20.4 Å². The van der Waals surface area contributed by atoms with Crippen LogP contribution in [0.5, 0.6) is 0 Å². The first-order valence-electron chi connectivity index (χ1n) is 10.9. The van der Waals surface area contributed by atoms with Crippen molar-refractivity contribution in [1.82, 2.24) is 20.4 Å². The second-order valence-electron chi connectivity index (χ2n) is 8.14. The van der Waals surface area contributed by atoms with Crippen molar-refractivity contribution < 1.29 is 23.6 Å². The lowest BCUT2D eigenvalue weighted by molar-refractivity contribution is -0.133. The van der Waals surface area contributed by atoms with Gasteiger partial charge in [0.25, 0.3) is 11.8 Å². The van der Waals surface area contributed by atoms with Crippen LogP contribution in [-0.4, -0.2) is 71.7 Å². The van der Waals surface area contributed by atoms with Gasteiger partial charge in [-0.05, 0) is 43.2 Å². The van der Waals surface area contributed by atoms with E-state index in [0.29, 0.717) is 18.5 Å². The molecule has 2 aromatic carbocycles. The molecule has 2 aliphatic heterocycles. The summed E-state index contributed by atoms with van der Waals surface area (Å²) in [6.45, 7) is 0.846. The summed E-state index contributed by atoms with van der Waals surface area (Å²) < 4.78 is 13.7. The molecule has 0 bridgehead atoms. The van der Waals surface area contributed by atoms with E-state index in [1.54, 1.807) is 30.3 Å². The fourth-order valence-corrected chi connectivity index (χ4v) is 4.16. The van der Waals surface area contributed by atoms with Gasteiger partial charge in [-0.15, -0.1) is 0 Å². The van der Waals surface area contributed by atoms with Crippen LogP contribution in [-0.2, 0) is 9.59 Å². The average Bonchev–Trinajstić information content (AvgIpc) is 2.84. The maximum absolute atomic E-state index is 13.7. The molecule has 4 amide bonds. The van der Waals surface area contributed by atoms with Gasteiger partial charge in [0.2, 0.25) is 11.8 Å². The Balaban J connectivity index is 1.57. The molecular formula is C24H25FN4O4. The Morgan fingerprint density at radius 1 is 0.970 bits per heavy atom. The van der Waals surface area contributed by atoms with Crippen LogP contribution >= 0.6 is 0 Å². The minimum Gasteiger partial charge on any atom is -0.354 e. The minimum atomic E-state index is -1.02. The van der Waals surface area contributed by atoms with Gasteiger partial charge in [-0.3, -0.25) is 19.2 Å². The Morgan fingerprint density at radius 3 is 2.45 bits per heavy atom. The van der Waals surface area contributed by atoms with Crippen LogP contribution in [0, 0.1) is 5.82 Å². The van der Waals surface area contributed by atoms with Crippen molar-refractivity contribution in [2.45, 2.75) is 24.9 Å². The summed E-state index contributed by atoms with van der Waals surface area (Å²) in [6, 6.07) is 12.2. The van der Waals surface area contributed by atoms with Gasteiger partial charge >= 0.3 is 0 Å². The number of rotatable bonds is 4. The van der Waals surface area contributed by atoms with E-state index in [1.165, 1.54) is 28.0 Å². The summed E-state index contributed by atoms with van der Waals surface area (Å²) in [4.78, 5) is 54.4. The number of carbonyl (C=O) groups excluding carboxylic acids is 4. The van der Waals surface area contributed by atoms with Crippen molar-refractivity contribution in [3.8, 4) is 0 Å². The molecule has 0 radical (unpaired) electrons. The number of amides is 4. The van der Waals surface area contributed by atoms with Gasteiger partial charge in [0.15, 0.2) is 0 Å². The molecule has 2 atom stereocenters. The van der Waals surface area contributed by atoms with Crippen LogP contribution in [0.4, 0.5) is 4.39 Å². The van der Waals surface area contributed by atoms with Crippen molar-refractivity contribution in [3.05, 3.63) is 71.5 Å². The van der Waals surface area contributed by atoms with E-state index in [1.807, 2.05) is 0 Å². The van der Waals surface area contributed by atoms with Gasteiger partial charge in [-0.25, -0.2) is 4.39 Å². The highest BCUT2D eigenvalue weighted by molar-refractivity contribution is 6.00. The zero-order valence-electron chi connectivity index (χ0n) is 18.0. The summed E-state index contributed by atoms with van der Waals surface area (Å²) in [5, 5.41) is 5.44. The van der Waals surface area contributed by atoms with Gasteiger partial charge in [-0.2, -0.15) is 0 Å². The second kappa shape index (κ2) is 9.81. The Bertz CT molecular complexity index is 1060. The molecular weight excluding hydrogens is 427 g/mol. The molecule has 2 saturated heterocycles. The highest BCUT2D eigenvalue weighted by atomic mass is 19.1. The predicted molar refractivity (Wildman–Crippen MR) is 118 cm³/mol. The lowest BCUT2D eigenvalue weighted by atomic mass is 10.0. The topological polar surface area (TPSA) is 98.8 Å². The number of nitrogens with zero attached hydrogens (tertiary/aromatic N) is 2. The monoisotopic (exact) mass is 452 g/mol. The zero-order valence-corrected chi connectivity index (χ0v) is 18.0. The van der Waals surface area contributed by atoms with Crippen LogP contribution < -0.4 is 10.6 Å². The Hall–Kier alpha value is -3.75. The third-order valence-electron chi connectivity index (χ3n) is 5.93. The maximum atomic E-state index is 13.7. The number of piperidine rings is 1. The molecule has 33 heavy (non-hydrogen) atoms. The highest BCUT2D eigenvalue weighted by Crippen LogP contribution is 2.18. The summed E-state index contributed by atoms with van der Waals surface area (Å²) >= 11 is 0. The molecule has 4 rings (SSSR count). The van der Waals surface area contributed by atoms with Crippen LogP contribution in [0.3, 0.4) is 0 Å². The van der Waals surface area contributed by atoms with Crippen LogP contribution in [0.25, 0.3) is 0 Å². The van der Waals surface area contributed by atoms with Crippen molar-refractivity contribution in [3.63, 3.8) is 0 Å². The van der Waals surface area contributed by atoms with E-state index in [9.17, 15) is 23.6 Å². The van der Waals surface area contributed by atoms with E-state index >= 15 is 0 Å². The number of carbonyl (C=O) groups is 4. The van der Waals surface area contributed by atoms with Gasteiger partial charge in [0.1, 0.15) is 17.9 Å². The molecule has 9 heteroatoms. The average molecular weight is 452 g/mol.